The van der Waals surface area contributed by atoms with Gasteiger partial charge in [0.15, 0.2) is 39.9 Å². The quantitative estimate of drug-likeness (QED) is 0.0467. The van der Waals surface area contributed by atoms with Crippen molar-refractivity contribution in [3.05, 3.63) is 398 Å². The van der Waals surface area contributed by atoms with Gasteiger partial charge in [-0.15, -0.1) is 0 Å². The molecular formula is C110H107N23O8. The summed E-state index contributed by atoms with van der Waals surface area (Å²) in [4.78, 5) is 166. The van der Waals surface area contributed by atoms with E-state index in [1.54, 1.807) is 49.1 Å². The van der Waals surface area contributed by atoms with Gasteiger partial charge in [0.25, 0.3) is 22.2 Å². The Balaban J connectivity index is 0.000000130. The fourth-order valence-electron chi connectivity index (χ4n) is 17.5. The highest BCUT2D eigenvalue weighted by atomic mass is 16.2. The molecule has 31 heteroatoms. The molecule has 20 rings (SSSR count). The average molecular weight is 1880 g/mol. The van der Waals surface area contributed by atoms with Crippen molar-refractivity contribution in [2.75, 3.05) is 118 Å². The zero-order valence-electron chi connectivity index (χ0n) is 78.8. The predicted octanol–water partition coefficient (Wildman–Crippen LogP) is 13.2. The van der Waals surface area contributed by atoms with E-state index in [-0.39, 0.29) is 64.8 Å². The molecule has 8 aromatic heterocycles. The molecule has 0 unspecified atom stereocenters. The number of likely N-dealkylation sites (N-methyl/N-ethyl adjacent to an activating group) is 2. The minimum absolute atomic E-state index is 0.0787. The van der Waals surface area contributed by atoms with Crippen LogP contribution in [0.4, 0.5) is 28.4 Å². The number of benzene rings is 8. The molecule has 141 heavy (non-hydrogen) atoms. The van der Waals surface area contributed by atoms with Gasteiger partial charge in [-0.1, -0.05) is 111 Å². The summed E-state index contributed by atoms with van der Waals surface area (Å²) in [6.07, 6.45) is 25.9. The van der Waals surface area contributed by atoms with Crippen molar-refractivity contribution >= 4 is 96.3 Å². The van der Waals surface area contributed by atoms with Gasteiger partial charge in [-0.05, 0) is 219 Å². The lowest BCUT2D eigenvalue weighted by Gasteiger charge is -2.34. The topological polar surface area (TPSA) is 342 Å². The van der Waals surface area contributed by atoms with Crippen LogP contribution in [0.2, 0.25) is 0 Å². The van der Waals surface area contributed by atoms with E-state index >= 15 is 0 Å². The highest BCUT2D eigenvalue weighted by molar-refractivity contribution is 5.99. The van der Waals surface area contributed by atoms with E-state index in [0.717, 1.165) is 117 Å². The smallest absolute Gasteiger partial charge is 0.275 e. The maximum atomic E-state index is 12.9. The van der Waals surface area contributed by atoms with Crippen molar-refractivity contribution in [1.82, 2.24) is 87.9 Å². The lowest BCUT2D eigenvalue weighted by molar-refractivity contribution is -0.114. The molecule has 0 spiro atoms. The summed E-state index contributed by atoms with van der Waals surface area (Å²) in [5.41, 5.74) is 17.5. The predicted molar refractivity (Wildman–Crippen MR) is 551 cm³/mol. The molecule has 1 amide bonds. The van der Waals surface area contributed by atoms with Gasteiger partial charge < -0.3 is 34.7 Å². The number of amides is 1. The molecule has 4 fully saturated rings. The van der Waals surface area contributed by atoms with E-state index in [1.807, 2.05) is 72.8 Å². The Hall–Kier alpha value is -16.8. The number of piperazine rings is 2. The average Bonchev–Trinajstić information content (AvgIpc) is 0.920. The minimum atomic E-state index is -0.303. The van der Waals surface area contributed by atoms with E-state index in [4.69, 9.17) is 19.9 Å². The normalized spacial score (nSPS) is 13.8. The summed E-state index contributed by atoms with van der Waals surface area (Å²) in [6.45, 7) is 26.8. The molecule has 4 aliphatic heterocycles. The lowest BCUT2D eigenvalue weighted by atomic mass is 10.1. The third-order valence-corrected chi connectivity index (χ3v) is 25.2. The largest absolute Gasteiger partial charge is 0.372 e. The van der Waals surface area contributed by atoms with Crippen LogP contribution in [0.5, 0.6) is 0 Å². The van der Waals surface area contributed by atoms with E-state index in [9.17, 15) is 38.4 Å². The standard InChI is InChI=1S/C28H28N6O2.C28H27N5O2.C27H27N7O2.C27H25N5O2/c1-3-24(35)16-21-5-4-6-23(15-21)34-27(36)19-29-25-18-30-26(31-28(25)34)17-20-7-9-22(10-8-20)33-13-11-32(2)12-14-33;1-2-24(34)16-21-7-6-8-23(15-21)33-27(35)19-29-25-18-30-26(31-28(25)33)17-20-9-11-22(12-10-20)32-13-4-3-5-14-32;1-3-25(35)30-20-6-10-22(11-7-20)34-26(36)18-28-23-17-29-24(31-27(23)34)16-19-4-8-21(9-5-19)33-14-12-32(2)13-15-33;1-2-23(33)15-20-6-5-7-22(14-20)32-26(34)18-28-24-17-29-25(30-27(24)32)16-19-8-10-21(11-9-19)31-12-3-4-13-31/h3-10,15,18-19H,1,11-14,16-17H2,2H3;2,6-12,15,18-19H,1,3-5,13-14,16-17H2;3-11,17-18H,1,12-16H2,2H3,(H,30,35);2,5-11,14,17-18H,1,3-4,12-13,15-16H2. The van der Waals surface area contributed by atoms with E-state index in [1.165, 1.54) is 122 Å². The van der Waals surface area contributed by atoms with Crippen LogP contribution in [0.25, 0.3) is 67.4 Å². The summed E-state index contributed by atoms with van der Waals surface area (Å²) in [5, 5.41) is 2.70. The zero-order valence-corrected chi connectivity index (χ0v) is 78.8. The Bertz CT molecular complexity index is 7570. The Morgan fingerprint density at radius 1 is 0.284 bits per heavy atom. The van der Waals surface area contributed by atoms with Gasteiger partial charge in [0, 0.05) is 152 Å². The van der Waals surface area contributed by atoms with Gasteiger partial charge in [-0.3, -0.25) is 56.6 Å². The van der Waals surface area contributed by atoms with Crippen LogP contribution in [0.15, 0.2) is 313 Å². The van der Waals surface area contributed by atoms with Crippen molar-refractivity contribution in [2.45, 2.75) is 77.0 Å². The van der Waals surface area contributed by atoms with Crippen LogP contribution in [0.3, 0.4) is 0 Å². The zero-order chi connectivity index (χ0) is 97.8. The van der Waals surface area contributed by atoms with Gasteiger partial charge in [0.1, 0.15) is 45.4 Å². The fourth-order valence-corrected chi connectivity index (χ4v) is 17.5. The van der Waals surface area contributed by atoms with Crippen LogP contribution < -0.4 is 47.2 Å². The van der Waals surface area contributed by atoms with Crippen LogP contribution in [0.1, 0.15) is 94.3 Å². The SMILES string of the molecule is C=CC(=O)Cc1cccc(-n2c(=O)cnc3cnc(Cc4ccc(N5CCCC5)cc4)nc32)c1.C=CC(=O)Cc1cccc(-n2c(=O)cnc3cnc(Cc4ccc(N5CCCCC5)cc4)nc32)c1.C=CC(=O)Cc1cccc(-n2c(=O)cnc3cnc(Cc4ccc(N5CCN(C)CC5)cc4)nc32)c1.C=CC(=O)Nc1ccc(-n2c(=O)cnc3cnc(Cc4ccc(N5CCN(C)CC5)cc4)nc32)cc1. The summed E-state index contributed by atoms with van der Waals surface area (Å²) in [7, 11) is 4.30. The van der Waals surface area contributed by atoms with E-state index in [0.29, 0.717) is 122 Å². The van der Waals surface area contributed by atoms with Crippen LogP contribution in [-0.2, 0) is 64.1 Å². The van der Waals surface area contributed by atoms with E-state index in [2.05, 4.69) is 212 Å². The Kier molecular flexibility index (Phi) is 30.6. The number of rotatable bonds is 27. The molecular weight excluding hydrogens is 1770 g/mol. The molecule has 1 N–H and O–H groups in total. The highest BCUT2D eigenvalue weighted by Gasteiger charge is 2.23. The Morgan fingerprint density at radius 2 is 0.546 bits per heavy atom. The van der Waals surface area contributed by atoms with Crippen molar-refractivity contribution < 1.29 is 19.2 Å². The molecule has 0 saturated carbocycles. The summed E-state index contributed by atoms with van der Waals surface area (Å²) in [5.74, 6) is 1.89. The fraction of sp³-hybridized carbons (Fsp3) is 0.236. The number of carbonyl (C=O) groups is 4. The molecule has 16 aromatic rings. The summed E-state index contributed by atoms with van der Waals surface area (Å²) < 4.78 is 6.07. The number of aromatic nitrogens is 16. The first kappa shape index (κ1) is 95.9. The Morgan fingerprint density at radius 3 is 0.823 bits per heavy atom. The Labute approximate surface area is 814 Å². The third kappa shape index (κ3) is 24.1. The molecule has 8 aromatic carbocycles. The summed E-state index contributed by atoms with van der Waals surface area (Å²) in [6, 6.07) is 63.0. The monoisotopic (exact) mass is 1880 g/mol. The number of hydrogen-bond acceptors (Lipinski definition) is 26. The van der Waals surface area contributed by atoms with E-state index < -0.39 is 0 Å². The number of ketones is 3. The first-order valence-corrected chi connectivity index (χ1v) is 47.2. The van der Waals surface area contributed by atoms with Gasteiger partial charge >= 0.3 is 0 Å². The molecule has 31 nitrogen and oxygen atoms in total. The summed E-state index contributed by atoms with van der Waals surface area (Å²) >= 11 is 0. The van der Waals surface area contributed by atoms with Crippen molar-refractivity contribution in [3.8, 4) is 22.7 Å². The number of anilines is 5. The number of piperidine rings is 1. The molecule has 0 bridgehead atoms. The molecule has 0 aliphatic carbocycles. The van der Waals surface area contributed by atoms with Crippen molar-refractivity contribution in [2.24, 2.45) is 0 Å². The maximum Gasteiger partial charge on any atom is 0.275 e. The maximum absolute atomic E-state index is 12.9. The lowest BCUT2D eigenvalue weighted by Crippen LogP contribution is -2.44. The number of carbonyl (C=O) groups excluding carboxylic acids is 4. The van der Waals surface area contributed by atoms with Crippen LogP contribution in [-0.4, -0.2) is 204 Å². The van der Waals surface area contributed by atoms with Gasteiger partial charge in [-0.25, -0.2) is 59.8 Å². The van der Waals surface area contributed by atoms with Crippen LogP contribution >= 0.6 is 0 Å². The third-order valence-electron chi connectivity index (χ3n) is 25.2. The van der Waals surface area contributed by atoms with Gasteiger partial charge in [0.2, 0.25) is 5.91 Å². The molecule has 0 atom stereocenters. The van der Waals surface area contributed by atoms with Gasteiger partial charge in [-0.2, -0.15) is 0 Å². The second-order valence-corrected chi connectivity index (χ2v) is 35.2. The number of fused-ring (bicyclic) bond motifs is 4. The molecule has 4 saturated heterocycles. The molecule has 0 radical (unpaired) electrons. The number of allylic oxidation sites excluding steroid dienone is 3. The first-order valence-electron chi connectivity index (χ1n) is 47.2. The van der Waals surface area contributed by atoms with Crippen molar-refractivity contribution in [3.63, 3.8) is 0 Å². The molecule has 12 heterocycles. The number of nitrogens with zero attached hydrogens (tertiary/aromatic N) is 22. The van der Waals surface area contributed by atoms with Crippen molar-refractivity contribution in [1.29, 1.82) is 0 Å². The second-order valence-electron chi connectivity index (χ2n) is 35.2. The molecule has 710 valence electrons. The molecule has 4 aliphatic rings. The number of nitrogens with one attached hydrogen (secondary N) is 1. The van der Waals surface area contributed by atoms with Gasteiger partial charge in [0.05, 0.1) is 72.3 Å². The minimum Gasteiger partial charge on any atom is -0.372 e. The number of hydrogen-bond donors (Lipinski definition) is 1. The second kappa shape index (κ2) is 45.0. The first-order chi connectivity index (χ1) is 68.7. The van der Waals surface area contributed by atoms with Crippen LogP contribution in [0, 0.1) is 0 Å². The highest BCUT2D eigenvalue weighted by Crippen LogP contribution is 2.29.